The van der Waals surface area contributed by atoms with Crippen LogP contribution in [-0.4, -0.2) is 11.7 Å². The number of benzene rings is 2. The molecule has 0 N–H and O–H groups in total. The van der Waals surface area contributed by atoms with Gasteiger partial charge >= 0.3 is 0 Å². The summed E-state index contributed by atoms with van der Waals surface area (Å²) in [4.78, 5) is 0. The van der Waals surface area contributed by atoms with E-state index in [4.69, 9.17) is 27.9 Å². The SMILES string of the molecule is COc1cccc2c1ccn2Cc1ccc(Cl)cc1Cl. The first-order valence-corrected chi connectivity index (χ1v) is 7.00. The highest BCUT2D eigenvalue weighted by Gasteiger charge is 2.08. The molecule has 0 saturated heterocycles. The highest BCUT2D eigenvalue weighted by molar-refractivity contribution is 6.35. The number of hydrogen-bond donors (Lipinski definition) is 0. The molecule has 0 unspecified atom stereocenters. The van der Waals surface area contributed by atoms with Gasteiger partial charge in [0, 0.05) is 28.2 Å². The van der Waals surface area contributed by atoms with Gasteiger partial charge in [-0.05, 0) is 35.9 Å². The van der Waals surface area contributed by atoms with Crippen LogP contribution in [0.4, 0.5) is 0 Å². The second-order valence-corrected chi connectivity index (χ2v) is 5.42. The van der Waals surface area contributed by atoms with Gasteiger partial charge in [-0.15, -0.1) is 0 Å². The van der Waals surface area contributed by atoms with Crippen molar-refractivity contribution in [2.75, 3.05) is 7.11 Å². The van der Waals surface area contributed by atoms with Gasteiger partial charge in [-0.2, -0.15) is 0 Å². The summed E-state index contributed by atoms with van der Waals surface area (Å²) in [7, 11) is 1.68. The maximum absolute atomic E-state index is 6.23. The van der Waals surface area contributed by atoms with Crippen LogP contribution in [0.3, 0.4) is 0 Å². The Bertz CT molecular complexity index is 764. The van der Waals surface area contributed by atoms with Crippen molar-refractivity contribution in [2.24, 2.45) is 0 Å². The Morgan fingerprint density at radius 3 is 2.70 bits per heavy atom. The van der Waals surface area contributed by atoms with Gasteiger partial charge in [0.2, 0.25) is 0 Å². The Morgan fingerprint density at radius 1 is 1.10 bits per heavy atom. The van der Waals surface area contributed by atoms with Crippen molar-refractivity contribution in [3.05, 3.63) is 64.3 Å². The molecule has 0 bridgehead atoms. The van der Waals surface area contributed by atoms with Crippen LogP contribution in [0.15, 0.2) is 48.7 Å². The van der Waals surface area contributed by atoms with E-state index in [-0.39, 0.29) is 0 Å². The average Bonchev–Trinajstić information content (AvgIpc) is 2.85. The average molecular weight is 306 g/mol. The normalized spacial score (nSPS) is 10.9. The molecule has 0 aliphatic heterocycles. The zero-order chi connectivity index (χ0) is 14.1. The molecule has 0 aliphatic rings. The quantitative estimate of drug-likeness (QED) is 0.664. The Morgan fingerprint density at radius 2 is 1.95 bits per heavy atom. The predicted molar refractivity (Wildman–Crippen MR) is 84.1 cm³/mol. The monoisotopic (exact) mass is 305 g/mol. The number of aromatic nitrogens is 1. The fraction of sp³-hybridized carbons (Fsp3) is 0.125. The number of ether oxygens (including phenoxy) is 1. The number of hydrogen-bond acceptors (Lipinski definition) is 1. The van der Waals surface area contributed by atoms with Gasteiger partial charge in [0.25, 0.3) is 0 Å². The minimum Gasteiger partial charge on any atom is -0.496 e. The summed E-state index contributed by atoms with van der Waals surface area (Å²) in [6, 6.07) is 13.7. The molecule has 3 aromatic rings. The molecule has 1 heterocycles. The smallest absolute Gasteiger partial charge is 0.128 e. The number of halogens is 2. The molecule has 0 amide bonds. The lowest BCUT2D eigenvalue weighted by atomic mass is 10.2. The Hall–Kier alpha value is -1.64. The third-order valence-electron chi connectivity index (χ3n) is 3.35. The molecule has 0 fully saturated rings. The zero-order valence-corrected chi connectivity index (χ0v) is 12.4. The predicted octanol–water partition coefficient (Wildman–Crippen LogP) is 5.01. The molecule has 20 heavy (non-hydrogen) atoms. The first kappa shape index (κ1) is 13.3. The molecule has 4 heteroatoms. The van der Waals surface area contributed by atoms with Crippen molar-refractivity contribution in [3.8, 4) is 5.75 Å². The molecule has 0 aliphatic carbocycles. The second-order valence-electron chi connectivity index (χ2n) is 4.57. The summed E-state index contributed by atoms with van der Waals surface area (Å²) in [6.07, 6.45) is 2.04. The van der Waals surface area contributed by atoms with E-state index in [1.807, 2.05) is 30.5 Å². The van der Waals surface area contributed by atoms with Crippen LogP contribution in [0.2, 0.25) is 10.0 Å². The Balaban J connectivity index is 2.03. The topological polar surface area (TPSA) is 14.2 Å². The maximum atomic E-state index is 6.23. The lowest BCUT2D eigenvalue weighted by molar-refractivity contribution is 0.420. The van der Waals surface area contributed by atoms with Crippen molar-refractivity contribution in [2.45, 2.75) is 6.54 Å². The van der Waals surface area contributed by atoms with Crippen LogP contribution in [0, 0.1) is 0 Å². The van der Waals surface area contributed by atoms with Gasteiger partial charge in [-0.1, -0.05) is 35.3 Å². The summed E-state index contributed by atoms with van der Waals surface area (Å²) in [5.41, 5.74) is 2.16. The van der Waals surface area contributed by atoms with E-state index in [1.165, 1.54) is 0 Å². The zero-order valence-electron chi connectivity index (χ0n) is 10.9. The van der Waals surface area contributed by atoms with Gasteiger partial charge in [-0.3, -0.25) is 0 Å². The van der Waals surface area contributed by atoms with Crippen LogP contribution < -0.4 is 4.74 Å². The van der Waals surface area contributed by atoms with E-state index in [1.54, 1.807) is 13.2 Å². The van der Waals surface area contributed by atoms with Crippen LogP contribution in [0.5, 0.6) is 5.75 Å². The molecule has 102 valence electrons. The molecular weight excluding hydrogens is 293 g/mol. The largest absolute Gasteiger partial charge is 0.496 e. The molecule has 1 aromatic heterocycles. The van der Waals surface area contributed by atoms with Crippen molar-refractivity contribution in [1.82, 2.24) is 4.57 Å². The number of fused-ring (bicyclic) bond motifs is 1. The van der Waals surface area contributed by atoms with Crippen LogP contribution in [0.25, 0.3) is 10.9 Å². The maximum Gasteiger partial charge on any atom is 0.128 e. The van der Waals surface area contributed by atoms with Gasteiger partial charge < -0.3 is 9.30 Å². The molecule has 2 nitrogen and oxygen atoms in total. The standard InChI is InChI=1S/C16H13Cl2NO/c1-20-16-4-2-3-15-13(16)7-8-19(15)10-11-5-6-12(17)9-14(11)18/h2-9H,10H2,1H3. The molecule has 3 rings (SSSR count). The van der Waals surface area contributed by atoms with Gasteiger partial charge in [0.05, 0.1) is 12.6 Å². The minimum atomic E-state index is 0.651. The first-order chi connectivity index (χ1) is 9.69. The van der Waals surface area contributed by atoms with Crippen molar-refractivity contribution < 1.29 is 4.74 Å². The lowest BCUT2D eigenvalue weighted by Gasteiger charge is -2.09. The third kappa shape index (κ3) is 2.37. The molecule has 0 radical (unpaired) electrons. The van der Waals surface area contributed by atoms with E-state index in [0.717, 1.165) is 22.2 Å². The number of rotatable bonds is 3. The summed E-state index contributed by atoms with van der Waals surface area (Å²) < 4.78 is 7.52. The highest BCUT2D eigenvalue weighted by atomic mass is 35.5. The van der Waals surface area contributed by atoms with E-state index in [9.17, 15) is 0 Å². The number of nitrogens with zero attached hydrogens (tertiary/aromatic N) is 1. The lowest BCUT2D eigenvalue weighted by Crippen LogP contribution is -1.98. The van der Waals surface area contributed by atoms with Crippen molar-refractivity contribution in [1.29, 1.82) is 0 Å². The highest BCUT2D eigenvalue weighted by Crippen LogP contribution is 2.28. The van der Waals surface area contributed by atoms with E-state index < -0.39 is 0 Å². The molecule has 0 atom stereocenters. The fourth-order valence-electron chi connectivity index (χ4n) is 2.34. The third-order valence-corrected chi connectivity index (χ3v) is 3.94. The number of methoxy groups -OCH3 is 1. The summed E-state index contributed by atoms with van der Waals surface area (Å²) >= 11 is 12.2. The van der Waals surface area contributed by atoms with E-state index in [2.05, 4.69) is 16.7 Å². The van der Waals surface area contributed by atoms with Gasteiger partial charge in [-0.25, -0.2) is 0 Å². The van der Waals surface area contributed by atoms with Crippen molar-refractivity contribution >= 4 is 34.1 Å². The Labute approximate surface area is 127 Å². The van der Waals surface area contributed by atoms with E-state index >= 15 is 0 Å². The fourth-order valence-corrected chi connectivity index (χ4v) is 2.81. The van der Waals surface area contributed by atoms with Crippen LogP contribution in [0.1, 0.15) is 5.56 Å². The van der Waals surface area contributed by atoms with Gasteiger partial charge in [0.1, 0.15) is 5.75 Å². The summed E-state index contributed by atoms with van der Waals surface area (Å²) in [6.45, 7) is 0.701. The first-order valence-electron chi connectivity index (χ1n) is 6.25. The summed E-state index contributed by atoms with van der Waals surface area (Å²) in [5.74, 6) is 0.878. The molecular formula is C16H13Cl2NO. The van der Waals surface area contributed by atoms with Gasteiger partial charge in [0.15, 0.2) is 0 Å². The summed E-state index contributed by atoms with van der Waals surface area (Å²) in [5, 5.41) is 2.43. The Kier molecular flexibility index (Phi) is 3.60. The molecule has 0 spiro atoms. The molecule has 0 saturated carbocycles. The van der Waals surface area contributed by atoms with Crippen molar-refractivity contribution in [3.63, 3.8) is 0 Å². The van der Waals surface area contributed by atoms with Crippen LogP contribution >= 0.6 is 23.2 Å². The van der Waals surface area contributed by atoms with E-state index in [0.29, 0.717) is 16.6 Å². The second kappa shape index (κ2) is 5.39. The minimum absolute atomic E-state index is 0.651. The van der Waals surface area contributed by atoms with Crippen LogP contribution in [-0.2, 0) is 6.54 Å². The molecule has 2 aromatic carbocycles.